The average Bonchev–Trinajstić information content (AvgIpc) is 2.80. The molecular formula is C20H22O3. The van der Waals surface area contributed by atoms with E-state index in [2.05, 4.69) is 32.9 Å². The Hall–Kier alpha value is -1.68. The van der Waals surface area contributed by atoms with E-state index in [9.17, 15) is 0 Å². The molecular weight excluding hydrogens is 288 g/mol. The third-order valence-corrected chi connectivity index (χ3v) is 4.92. The van der Waals surface area contributed by atoms with Crippen LogP contribution < -0.4 is 0 Å². The first-order chi connectivity index (χ1) is 11.0. The second kappa shape index (κ2) is 5.17. The molecule has 0 saturated carbocycles. The predicted molar refractivity (Wildman–Crippen MR) is 87.6 cm³/mol. The zero-order valence-electron chi connectivity index (χ0n) is 13.9. The Labute approximate surface area is 137 Å². The molecule has 2 unspecified atom stereocenters. The Balaban J connectivity index is 1.80. The van der Waals surface area contributed by atoms with Gasteiger partial charge in [0.1, 0.15) is 0 Å². The van der Waals surface area contributed by atoms with E-state index >= 15 is 0 Å². The molecule has 3 heteroatoms. The predicted octanol–water partition coefficient (Wildman–Crippen LogP) is 4.78. The van der Waals surface area contributed by atoms with E-state index in [0.29, 0.717) is 0 Å². The number of aryl methyl sites for hydroxylation is 3. The Kier molecular flexibility index (Phi) is 3.34. The molecule has 0 aliphatic carbocycles. The second-order valence-electron chi connectivity index (χ2n) is 6.77. The van der Waals surface area contributed by atoms with Crippen LogP contribution in [0.1, 0.15) is 47.1 Å². The third-order valence-electron chi connectivity index (χ3n) is 4.92. The summed E-state index contributed by atoms with van der Waals surface area (Å²) in [5, 5.41) is 0. The Bertz CT molecular complexity index is 717. The van der Waals surface area contributed by atoms with Crippen LogP contribution in [0.2, 0.25) is 0 Å². The fourth-order valence-corrected chi connectivity index (χ4v) is 4.12. The van der Waals surface area contributed by atoms with Crippen molar-refractivity contribution >= 4 is 0 Å². The first-order valence-electron chi connectivity index (χ1n) is 8.26. The van der Waals surface area contributed by atoms with Gasteiger partial charge in [0.15, 0.2) is 0 Å². The van der Waals surface area contributed by atoms with E-state index in [-0.39, 0.29) is 0 Å². The van der Waals surface area contributed by atoms with Crippen LogP contribution in [0.3, 0.4) is 0 Å². The highest BCUT2D eigenvalue weighted by Gasteiger charge is 2.58. The summed E-state index contributed by atoms with van der Waals surface area (Å²) < 4.78 is 6.50. The van der Waals surface area contributed by atoms with E-state index in [1.807, 2.05) is 30.3 Å². The number of hydrogen-bond acceptors (Lipinski definition) is 3. The molecule has 2 aliphatic rings. The van der Waals surface area contributed by atoms with Crippen LogP contribution in [0, 0.1) is 20.8 Å². The highest BCUT2D eigenvalue weighted by molar-refractivity contribution is 5.41. The zero-order chi connectivity index (χ0) is 16.1. The molecule has 2 aromatic rings. The lowest BCUT2D eigenvalue weighted by Crippen LogP contribution is -2.38. The van der Waals surface area contributed by atoms with Gasteiger partial charge in [-0.15, -0.1) is 0 Å². The number of benzene rings is 2. The van der Waals surface area contributed by atoms with Crippen LogP contribution in [0.4, 0.5) is 0 Å². The summed E-state index contributed by atoms with van der Waals surface area (Å²) in [7, 11) is 0. The van der Waals surface area contributed by atoms with Gasteiger partial charge in [-0.25, -0.2) is 0 Å². The maximum absolute atomic E-state index is 6.50. The highest BCUT2D eigenvalue weighted by atomic mass is 17.3. The van der Waals surface area contributed by atoms with Crippen molar-refractivity contribution in [3.05, 3.63) is 70.3 Å². The monoisotopic (exact) mass is 310 g/mol. The zero-order valence-corrected chi connectivity index (χ0v) is 13.9. The standard InChI is InChI=1S/C20H22O3/c1-14-12-15(2)18(16(3)13-14)20-11-7-10-19(21-20,22-23-20)17-8-5-4-6-9-17/h4-6,8-9,12-13H,7,10-11H2,1-3H3. The average molecular weight is 310 g/mol. The maximum Gasteiger partial charge on any atom is 0.231 e. The molecule has 0 N–H and O–H groups in total. The molecule has 3 nitrogen and oxygen atoms in total. The summed E-state index contributed by atoms with van der Waals surface area (Å²) in [5.41, 5.74) is 5.77. The quantitative estimate of drug-likeness (QED) is 0.747. The molecule has 0 aromatic heterocycles. The van der Waals surface area contributed by atoms with Crippen molar-refractivity contribution in [1.29, 1.82) is 0 Å². The van der Waals surface area contributed by atoms with Crippen LogP contribution in [-0.4, -0.2) is 0 Å². The lowest BCUT2D eigenvalue weighted by Gasteiger charge is -2.36. The minimum absolute atomic E-state index is 0.788. The van der Waals surface area contributed by atoms with Gasteiger partial charge in [-0.3, -0.25) is 0 Å². The van der Waals surface area contributed by atoms with Crippen LogP contribution in [0.25, 0.3) is 0 Å². The minimum Gasteiger partial charge on any atom is -0.304 e. The molecule has 23 heavy (non-hydrogen) atoms. The van der Waals surface area contributed by atoms with Crippen molar-refractivity contribution in [1.82, 2.24) is 0 Å². The molecule has 2 aliphatic heterocycles. The molecule has 2 heterocycles. The van der Waals surface area contributed by atoms with Gasteiger partial charge >= 0.3 is 0 Å². The molecule has 2 saturated heterocycles. The van der Waals surface area contributed by atoms with Crippen molar-refractivity contribution in [2.45, 2.75) is 51.6 Å². The summed E-state index contributed by atoms with van der Waals surface area (Å²) in [4.78, 5) is 11.7. The van der Waals surface area contributed by atoms with Crippen LogP contribution in [0.5, 0.6) is 0 Å². The maximum atomic E-state index is 6.50. The van der Waals surface area contributed by atoms with E-state index in [1.54, 1.807) is 0 Å². The van der Waals surface area contributed by atoms with Gasteiger partial charge in [0.2, 0.25) is 11.6 Å². The fourth-order valence-electron chi connectivity index (χ4n) is 4.12. The molecule has 120 valence electrons. The lowest BCUT2D eigenvalue weighted by molar-refractivity contribution is -0.351. The van der Waals surface area contributed by atoms with Crippen LogP contribution in [0.15, 0.2) is 42.5 Å². The van der Waals surface area contributed by atoms with E-state index in [0.717, 1.165) is 30.4 Å². The molecule has 2 aromatic carbocycles. The third kappa shape index (κ3) is 2.23. The molecule has 2 atom stereocenters. The van der Waals surface area contributed by atoms with Crippen LogP contribution >= 0.6 is 0 Å². The van der Waals surface area contributed by atoms with Gasteiger partial charge < -0.3 is 4.74 Å². The largest absolute Gasteiger partial charge is 0.304 e. The van der Waals surface area contributed by atoms with Gasteiger partial charge in [0, 0.05) is 24.0 Å². The van der Waals surface area contributed by atoms with Gasteiger partial charge in [-0.05, 0) is 38.3 Å². The molecule has 4 rings (SSSR count). The second-order valence-corrected chi connectivity index (χ2v) is 6.77. The molecule has 2 bridgehead atoms. The summed E-state index contributed by atoms with van der Waals surface area (Å²) in [6, 6.07) is 14.5. The Morgan fingerprint density at radius 2 is 1.43 bits per heavy atom. The van der Waals surface area contributed by atoms with Gasteiger partial charge in [-0.1, -0.05) is 48.0 Å². The lowest BCUT2D eigenvalue weighted by atomic mass is 9.86. The number of hydrogen-bond donors (Lipinski definition) is 0. The van der Waals surface area contributed by atoms with Crippen molar-refractivity contribution in [2.24, 2.45) is 0 Å². The first-order valence-corrected chi connectivity index (χ1v) is 8.26. The van der Waals surface area contributed by atoms with Gasteiger partial charge in [-0.2, -0.15) is 9.78 Å². The molecule has 0 spiro atoms. The van der Waals surface area contributed by atoms with Crippen LogP contribution in [-0.2, 0) is 26.1 Å². The van der Waals surface area contributed by atoms with E-state index in [4.69, 9.17) is 14.5 Å². The summed E-state index contributed by atoms with van der Waals surface area (Å²) in [6.07, 6.45) is 2.62. The Morgan fingerprint density at radius 1 is 0.826 bits per heavy atom. The fraction of sp³-hybridized carbons (Fsp3) is 0.400. The molecule has 0 amide bonds. The smallest absolute Gasteiger partial charge is 0.231 e. The number of fused-ring (bicyclic) bond motifs is 2. The van der Waals surface area contributed by atoms with E-state index in [1.165, 1.54) is 16.7 Å². The molecule has 2 fully saturated rings. The summed E-state index contributed by atoms with van der Waals surface area (Å²) >= 11 is 0. The van der Waals surface area contributed by atoms with E-state index < -0.39 is 11.6 Å². The number of rotatable bonds is 2. The minimum atomic E-state index is -0.796. The SMILES string of the molecule is Cc1cc(C)c(C23CCCC(c4ccccc4)(OO2)O3)c(C)c1. The van der Waals surface area contributed by atoms with Crippen molar-refractivity contribution in [3.63, 3.8) is 0 Å². The highest BCUT2D eigenvalue weighted by Crippen LogP contribution is 2.55. The first kappa shape index (κ1) is 14.9. The summed E-state index contributed by atoms with van der Waals surface area (Å²) in [6.45, 7) is 6.35. The van der Waals surface area contributed by atoms with Crippen molar-refractivity contribution in [3.8, 4) is 0 Å². The van der Waals surface area contributed by atoms with Gasteiger partial charge in [0.25, 0.3) is 0 Å². The van der Waals surface area contributed by atoms with Crippen molar-refractivity contribution in [2.75, 3.05) is 0 Å². The summed E-state index contributed by atoms with van der Waals surface area (Å²) in [5.74, 6) is -1.58. The number of ether oxygens (including phenoxy) is 1. The van der Waals surface area contributed by atoms with Crippen molar-refractivity contribution < 1.29 is 14.5 Å². The normalized spacial score (nSPS) is 29.7. The Morgan fingerprint density at radius 3 is 2.13 bits per heavy atom. The van der Waals surface area contributed by atoms with Gasteiger partial charge in [0.05, 0.1) is 0 Å². The molecule has 0 radical (unpaired) electrons. The topological polar surface area (TPSA) is 27.7 Å².